The van der Waals surface area contributed by atoms with E-state index >= 15 is 0 Å². The van der Waals surface area contributed by atoms with Crippen LogP contribution in [-0.4, -0.2) is 9.97 Å². The Morgan fingerprint density at radius 2 is 0.929 bits per heavy atom. The maximum atomic E-state index is 6.22. The first kappa shape index (κ1) is 32.3. The highest BCUT2D eigenvalue weighted by molar-refractivity contribution is 7.25. The highest BCUT2D eigenvalue weighted by Crippen LogP contribution is 2.41. The van der Waals surface area contributed by atoms with Crippen LogP contribution < -0.4 is 0 Å². The second-order valence-electron chi connectivity index (χ2n) is 14.2. The van der Waals surface area contributed by atoms with Gasteiger partial charge in [0.1, 0.15) is 11.2 Å². The molecule has 0 aliphatic heterocycles. The molecule has 8 aromatic carbocycles. The third kappa shape index (κ3) is 5.67. The Morgan fingerprint density at radius 1 is 0.339 bits per heavy atom. The van der Waals surface area contributed by atoms with Crippen molar-refractivity contribution in [3.63, 3.8) is 0 Å². The van der Waals surface area contributed by atoms with Gasteiger partial charge in [0.15, 0.2) is 5.82 Å². The van der Waals surface area contributed by atoms with E-state index in [0.29, 0.717) is 5.82 Å². The molecular weight excluding hydrogens is 701 g/mol. The molecule has 0 aliphatic carbocycles. The standard InChI is InChI=1S/C52H32N2OS/c1-3-12-35(13-4-1)45-32-46(54-52(53-45)36-14-5-2-6-15-36)40-29-38(28-39(30-40)37-26-27-48-44(31-37)42-16-7-9-19-47(42)55-48)33-22-24-34(25-23-33)41-18-11-21-50-51(41)43-17-8-10-20-49(43)56-50/h1-32H. The average molecular weight is 733 g/mol. The van der Waals surface area contributed by atoms with Crippen molar-refractivity contribution in [1.29, 1.82) is 0 Å². The summed E-state index contributed by atoms with van der Waals surface area (Å²) in [4.78, 5) is 10.3. The van der Waals surface area contributed by atoms with Gasteiger partial charge in [0.05, 0.1) is 11.4 Å². The van der Waals surface area contributed by atoms with Gasteiger partial charge in [0.25, 0.3) is 0 Å². The summed E-state index contributed by atoms with van der Waals surface area (Å²) >= 11 is 1.85. The van der Waals surface area contributed by atoms with E-state index in [9.17, 15) is 0 Å². The molecule has 0 bridgehead atoms. The Bertz CT molecular complexity index is 3180. The van der Waals surface area contributed by atoms with Crippen molar-refractivity contribution in [2.75, 3.05) is 0 Å². The predicted octanol–water partition coefficient (Wildman–Crippen LogP) is 14.7. The Hall–Kier alpha value is -7.14. The summed E-state index contributed by atoms with van der Waals surface area (Å²) in [5.74, 6) is 0.694. The molecule has 0 radical (unpaired) electrons. The third-order valence-electron chi connectivity index (χ3n) is 10.7. The van der Waals surface area contributed by atoms with Crippen LogP contribution in [0.25, 0.3) is 109 Å². The fraction of sp³-hybridized carbons (Fsp3) is 0. The van der Waals surface area contributed by atoms with Crippen LogP contribution in [0.4, 0.5) is 0 Å². The number of benzene rings is 8. The lowest BCUT2D eigenvalue weighted by Crippen LogP contribution is -1.96. The minimum absolute atomic E-state index is 0.694. The molecular formula is C52H32N2OS. The van der Waals surface area contributed by atoms with E-state index in [0.717, 1.165) is 72.3 Å². The van der Waals surface area contributed by atoms with Gasteiger partial charge in [0, 0.05) is 47.6 Å². The molecule has 0 unspecified atom stereocenters. The first-order valence-corrected chi connectivity index (χ1v) is 19.6. The van der Waals surface area contributed by atoms with E-state index in [1.165, 1.54) is 31.3 Å². The number of fused-ring (bicyclic) bond motifs is 6. The van der Waals surface area contributed by atoms with Crippen molar-refractivity contribution in [2.24, 2.45) is 0 Å². The summed E-state index contributed by atoms with van der Waals surface area (Å²) in [5.41, 5.74) is 13.5. The number of thiophene rings is 1. The highest BCUT2D eigenvalue weighted by Gasteiger charge is 2.16. The predicted molar refractivity (Wildman–Crippen MR) is 235 cm³/mol. The van der Waals surface area contributed by atoms with Gasteiger partial charge in [-0.05, 0) is 88.0 Å². The number of furan rings is 1. The molecule has 0 amide bonds. The zero-order valence-corrected chi connectivity index (χ0v) is 31.0. The third-order valence-corrected chi connectivity index (χ3v) is 11.8. The van der Waals surface area contributed by atoms with Crippen LogP contribution in [0.2, 0.25) is 0 Å². The number of aromatic nitrogens is 2. The molecule has 3 aromatic heterocycles. The Kier molecular flexibility index (Phi) is 7.68. The van der Waals surface area contributed by atoms with Crippen molar-refractivity contribution >= 4 is 53.4 Å². The van der Waals surface area contributed by atoms with E-state index in [4.69, 9.17) is 14.4 Å². The van der Waals surface area contributed by atoms with Gasteiger partial charge in [-0.2, -0.15) is 0 Å². The summed E-state index contributed by atoms with van der Waals surface area (Å²) in [7, 11) is 0. The van der Waals surface area contributed by atoms with E-state index in [1.54, 1.807) is 0 Å². The van der Waals surface area contributed by atoms with Crippen LogP contribution in [0.15, 0.2) is 199 Å². The van der Waals surface area contributed by atoms with Crippen LogP contribution in [0.3, 0.4) is 0 Å². The zero-order valence-electron chi connectivity index (χ0n) is 30.2. The molecule has 4 heteroatoms. The molecule has 0 aliphatic rings. The van der Waals surface area contributed by atoms with Crippen molar-refractivity contribution in [2.45, 2.75) is 0 Å². The zero-order chi connectivity index (χ0) is 37.0. The molecule has 3 nitrogen and oxygen atoms in total. The maximum absolute atomic E-state index is 6.22. The Labute approximate surface area is 327 Å². The summed E-state index contributed by atoms with van der Waals surface area (Å²) in [6, 6.07) is 68.7. The normalized spacial score (nSPS) is 11.6. The average Bonchev–Trinajstić information content (AvgIpc) is 3.85. The van der Waals surface area contributed by atoms with Gasteiger partial charge < -0.3 is 4.42 Å². The van der Waals surface area contributed by atoms with Crippen molar-refractivity contribution in [3.05, 3.63) is 194 Å². The molecule has 0 spiro atoms. The van der Waals surface area contributed by atoms with Gasteiger partial charge in [-0.15, -0.1) is 11.3 Å². The minimum atomic E-state index is 0.694. The fourth-order valence-corrected chi connectivity index (χ4v) is 9.07. The summed E-state index contributed by atoms with van der Waals surface area (Å²) in [6.45, 7) is 0. The molecule has 262 valence electrons. The summed E-state index contributed by atoms with van der Waals surface area (Å²) in [6.07, 6.45) is 0. The lowest BCUT2D eigenvalue weighted by Gasteiger charge is -2.14. The van der Waals surface area contributed by atoms with Crippen LogP contribution in [0, 0.1) is 0 Å². The molecule has 0 atom stereocenters. The topological polar surface area (TPSA) is 38.9 Å². The van der Waals surface area contributed by atoms with Crippen LogP contribution in [-0.2, 0) is 0 Å². The van der Waals surface area contributed by atoms with Crippen LogP contribution >= 0.6 is 11.3 Å². The van der Waals surface area contributed by atoms with E-state index in [2.05, 4.69) is 158 Å². The quantitative estimate of drug-likeness (QED) is 0.171. The van der Waals surface area contributed by atoms with E-state index < -0.39 is 0 Å². The first-order chi connectivity index (χ1) is 27.7. The molecule has 0 N–H and O–H groups in total. The summed E-state index contributed by atoms with van der Waals surface area (Å²) in [5, 5.41) is 4.84. The molecule has 11 rings (SSSR count). The maximum Gasteiger partial charge on any atom is 0.160 e. The molecule has 0 saturated carbocycles. The molecule has 3 heterocycles. The van der Waals surface area contributed by atoms with Gasteiger partial charge in [-0.3, -0.25) is 0 Å². The molecule has 0 fully saturated rings. The molecule has 0 saturated heterocycles. The Balaban J connectivity index is 1.09. The van der Waals surface area contributed by atoms with Gasteiger partial charge >= 0.3 is 0 Å². The Morgan fingerprint density at radius 3 is 1.73 bits per heavy atom. The number of nitrogens with zero attached hydrogens (tertiary/aromatic N) is 2. The number of hydrogen-bond acceptors (Lipinski definition) is 4. The van der Waals surface area contributed by atoms with Crippen molar-refractivity contribution in [3.8, 4) is 67.3 Å². The van der Waals surface area contributed by atoms with Crippen LogP contribution in [0.5, 0.6) is 0 Å². The summed E-state index contributed by atoms with van der Waals surface area (Å²) < 4.78 is 8.84. The first-order valence-electron chi connectivity index (χ1n) is 18.8. The van der Waals surface area contributed by atoms with Gasteiger partial charge in [-0.1, -0.05) is 140 Å². The minimum Gasteiger partial charge on any atom is -0.456 e. The highest BCUT2D eigenvalue weighted by atomic mass is 32.1. The van der Waals surface area contributed by atoms with Crippen molar-refractivity contribution < 1.29 is 4.42 Å². The number of rotatable bonds is 6. The second-order valence-corrected chi connectivity index (χ2v) is 15.2. The number of para-hydroxylation sites is 1. The van der Waals surface area contributed by atoms with Gasteiger partial charge in [0.2, 0.25) is 0 Å². The SMILES string of the molecule is c1ccc(-c2cc(-c3cc(-c4ccc(-c5cccc6sc7ccccc7c56)cc4)cc(-c4ccc5oc6ccccc6c5c4)c3)nc(-c3ccccc3)n2)cc1. The smallest absolute Gasteiger partial charge is 0.160 e. The molecule has 56 heavy (non-hydrogen) atoms. The number of hydrogen-bond donors (Lipinski definition) is 0. The molecule has 11 aromatic rings. The van der Waals surface area contributed by atoms with Gasteiger partial charge in [-0.25, -0.2) is 9.97 Å². The van der Waals surface area contributed by atoms with Crippen LogP contribution in [0.1, 0.15) is 0 Å². The fourth-order valence-electron chi connectivity index (χ4n) is 7.94. The second kappa shape index (κ2) is 13.3. The van der Waals surface area contributed by atoms with Crippen molar-refractivity contribution in [1.82, 2.24) is 9.97 Å². The lowest BCUT2D eigenvalue weighted by molar-refractivity contribution is 0.669. The van der Waals surface area contributed by atoms with E-state index in [-0.39, 0.29) is 0 Å². The van der Waals surface area contributed by atoms with E-state index in [1.807, 2.05) is 47.7 Å². The largest absolute Gasteiger partial charge is 0.456 e. The monoisotopic (exact) mass is 732 g/mol. The lowest BCUT2D eigenvalue weighted by atomic mass is 9.92.